The van der Waals surface area contributed by atoms with Crippen LogP contribution in [-0.4, -0.2) is 4.98 Å². The number of nitrogens with one attached hydrogen (secondary N) is 1. The van der Waals surface area contributed by atoms with Crippen molar-refractivity contribution in [1.29, 1.82) is 0 Å². The molecule has 0 atom stereocenters. The molecule has 2 rings (SSSR count). The fourth-order valence-electron chi connectivity index (χ4n) is 1.62. The lowest BCUT2D eigenvalue weighted by Crippen LogP contribution is -2.01. The summed E-state index contributed by atoms with van der Waals surface area (Å²) in [6.07, 6.45) is 0. The molecule has 19 heavy (non-hydrogen) atoms. The van der Waals surface area contributed by atoms with Crippen molar-refractivity contribution in [2.75, 3.05) is 5.32 Å². The lowest BCUT2D eigenvalue weighted by Gasteiger charge is -2.09. The molecule has 1 aromatic heterocycles. The van der Waals surface area contributed by atoms with Crippen LogP contribution in [0.25, 0.3) is 0 Å². The van der Waals surface area contributed by atoms with Crippen LogP contribution in [0.1, 0.15) is 25.3 Å². The van der Waals surface area contributed by atoms with Crippen LogP contribution in [0.2, 0.25) is 0 Å². The van der Waals surface area contributed by atoms with Crippen LogP contribution < -0.4 is 5.32 Å². The van der Waals surface area contributed by atoms with Crippen molar-refractivity contribution in [3.05, 3.63) is 53.5 Å². The Morgan fingerprint density at radius 1 is 1.00 bits per heavy atom. The van der Waals surface area contributed by atoms with Gasteiger partial charge in [0.1, 0.15) is 0 Å². The predicted molar refractivity (Wildman–Crippen MR) is 67.9 cm³/mol. The van der Waals surface area contributed by atoms with Gasteiger partial charge in [0.05, 0.1) is 0 Å². The Labute approximate surface area is 109 Å². The Kier molecular flexibility index (Phi) is 3.74. The van der Waals surface area contributed by atoms with Gasteiger partial charge in [0.25, 0.3) is 5.95 Å². The molecule has 0 saturated heterocycles. The molecule has 0 fully saturated rings. The second-order valence-corrected chi connectivity index (χ2v) is 4.49. The van der Waals surface area contributed by atoms with Gasteiger partial charge >= 0.3 is 0 Å². The molecular weight excluding hydrogens is 253 g/mol. The summed E-state index contributed by atoms with van der Waals surface area (Å²) in [7, 11) is 0. The first-order chi connectivity index (χ1) is 8.97. The summed E-state index contributed by atoms with van der Waals surface area (Å²) >= 11 is 0. The molecule has 0 aliphatic rings. The number of rotatable bonds is 3. The molecule has 0 aliphatic carbocycles. The molecule has 5 heteroatoms. The highest BCUT2D eigenvalue weighted by atomic mass is 19.2. The lowest BCUT2D eigenvalue weighted by molar-refractivity contribution is 0.467. The minimum Gasteiger partial charge on any atom is -0.338 e. The Morgan fingerprint density at radius 2 is 1.63 bits per heavy atom. The quantitative estimate of drug-likeness (QED) is 0.834. The van der Waals surface area contributed by atoms with Gasteiger partial charge in [-0.05, 0) is 23.6 Å². The molecule has 100 valence electrons. The van der Waals surface area contributed by atoms with Crippen molar-refractivity contribution < 1.29 is 13.2 Å². The first-order valence-electron chi connectivity index (χ1n) is 5.86. The van der Waals surface area contributed by atoms with Gasteiger partial charge in [-0.2, -0.15) is 9.37 Å². The van der Waals surface area contributed by atoms with Gasteiger partial charge < -0.3 is 5.32 Å². The van der Waals surface area contributed by atoms with Crippen molar-refractivity contribution in [3.8, 4) is 0 Å². The van der Waals surface area contributed by atoms with E-state index in [0.29, 0.717) is 17.7 Å². The summed E-state index contributed by atoms with van der Waals surface area (Å²) < 4.78 is 39.1. The number of benzene rings is 1. The van der Waals surface area contributed by atoms with Gasteiger partial charge in [-0.3, -0.25) is 0 Å². The maximum atomic E-state index is 13.4. The average Bonchev–Trinajstić information content (AvgIpc) is 2.36. The SMILES string of the molecule is CC(C)c1ccc(Nc2nc(F)c(F)cc2F)cc1. The maximum absolute atomic E-state index is 13.4. The highest BCUT2D eigenvalue weighted by molar-refractivity contribution is 5.57. The Morgan fingerprint density at radius 3 is 2.21 bits per heavy atom. The maximum Gasteiger partial charge on any atom is 0.251 e. The summed E-state index contributed by atoms with van der Waals surface area (Å²) in [5.41, 5.74) is 1.69. The number of nitrogens with zero attached hydrogens (tertiary/aromatic N) is 1. The minimum atomic E-state index is -1.33. The van der Waals surface area contributed by atoms with Gasteiger partial charge in [0, 0.05) is 11.8 Å². The van der Waals surface area contributed by atoms with Gasteiger partial charge in [0.15, 0.2) is 17.5 Å². The van der Waals surface area contributed by atoms with Crippen LogP contribution in [-0.2, 0) is 0 Å². The van der Waals surface area contributed by atoms with Gasteiger partial charge in [0.2, 0.25) is 0 Å². The smallest absolute Gasteiger partial charge is 0.251 e. The lowest BCUT2D eigenvalue weighted by atomic mass is 10.0. The molecule has 0 aliphatic heterocycles. The van der Waals surface area contributed by atoms with E-state index in [1.54, 1.807) is 12.1 Å². The van der Waals surface area contributed by atoms with Crippen LogP contribution in [0.5, 0.6) is 0 Å². The first-order valence-corrected chi connectivity index (χ1v) is 5.86. The van der Waals surface area contributed by atoms with Crippen molar-refractivity contribution in [2.45, 2.75) is 19.8 Å². The molecule has 1 heterocycles. The van der Waals surface area contributed by atoms with E-state index in [4.69, 9.17) is 0 Å². The highest BCUT2D eigenvalue weighted by Gasteiger charge is 2.11. The van der Waals surface area contributed by atoms with Crippen LogP contribution in [0, 0.1) is 17.6 Å². The molecular formula is C14H13F3N2. The fraction of sp³-hybridized carbons (Fsp3) is 0.214. The number of anilines is 2. The van der Waals surface area contributed by atoms with E-state index in [1.807, 2.05) is 12.1 Å². The zero-order chi connectivity index (χ0) is 14.0. The molecule has 0 bridgehead atoms. The Bertz CT molecular complexity index is 580. The van der Waals surface area contributed by atoms with Crippen LogP contribution >= 0.6 is 0 Å². The van der Waals surface area contributed by atoms with E-state index in [0.717, 1.165) is 5.56 Å². The third-order valence-electron chi connectivity index (χ3n) is 2.73. The fourth-order valence-corrected chi connectivity index (χ4v) is 1.62. The first kappa shape index (κ1) is 13.4. The van der Waals surface area contributed by atoms with E-state index in [9.17, 15) is 13.2 Å². The zero-order valence-electron chi connectivity index (χ0n) is 10.5. The van der Waals surface area contributed by atoms with Crippen molar-refractivity contribution in [1.82, 2.24) is 4.98 Å². The van der Waals surface area contributed by atoms with E-state index in [2.05, 4.69) is 24.1 Å². The number of halogens is 3. The Hall–Kier alpha value is -2.04. The largest absolute Gasteiger partial charge is 0.338 e. The van der Waals surface area contributed by atoms with Crippen LogP contribution in [0.4, 0.5) is 24.7 Å². The normalized spacial score (nSPS) is 10.8. The topological polar surface area (TPSA) is 24.9 Å². The van der Waals surface area contributed by atoms with Crippen molar-refractivity contribution in [3.63, 3.8) is 0 Å². The molecule has 2 nitrogen and oxygen atoms in total. The van der Waals surface area contributed by atoms with Crippen molar-refractivity contribution >= 4 is 11.5 Å². The Balaban J connectivity index is 2.24. The summed E-state index contributed by atoms with van der Waals surface area (Å²) in [4.78, 5) is 3.20. The number of pyridine rings is 1. The summed E-state index contributed by atoms with van der Waals surface area (Å²) in [5, 5.41) is 2.61. The molecule has 0 radical (unpaired) electrons. The second kappa shape index (κ2) is 5.30. The van der Waals surface area contributed by atoms with Gasteiger partial charge in [-0.25, -0.2) is 8.78 Å². The van der Waals surface area contributed by atoms with E-state index < -0.39 is 17.6 Å². The molecule has 1 N–H and O–H groups in total. The van der Waals surface area contributed by atoms with E-state index in [-0.39, 0.29) is 5.82 Å². The molecule has 2 aromatic rings. The van der Waals surface area contributed by atoms with E-state index >= 15 is 0 Å². The molecule has 0 saturated carbocycles. The molecule has 0 unspecified atom stereocenters. The van der Waals surface area contributed by atoms with Gasteiger partial charge in [-0.15, -0.1) is 0 Å². The number of hydrogen-bond donors (Lipinski definition) is 1. The van der Waals surface area contributed by atoms with Crippen LogP contribution in [0.3, 0.4) is 0 Å². The number of hydrogen-bond acceptors (Lipinski definition) is 2. The minimum absolute atomic E-state index is 0.337. The molecule has 1 aromatic carbocycles. The summed E-state index contributed by atoms with van der Waals surface area (Å²) in [5.74, 6) is -3.53. The third kappa shape index (κ3) is 3.05. The molecule has 0 amide bonds. The van der Waals surface area contributed by atoms with Gasteiger partial charge in [-0.1, -0.05) is 26.0 Å². The zero-order valence-corrected chi connectivity index (χ0v) is 10.5. The average molecular weight is 266 g/mol. The van der Waals surface area contributed by atoms with E-state index in [1.165, 1.54) is 0 Å². The van der Waals surface area contributed by atoms with Crippen molar-refractivity contribution in [2.24, 2.45) is 0 Å². The van der Waals surface area contributed by atoms with Crippen LogP contribution in [0.15, 0.2) is 30.3 Å². The standard InChI is InChI=1S/C14H13F3N2/c1-8(2)9-3-5-10(6-4-9)18-14-12(16)7-11(15)13(17)19-14/h3-8H,1-2H3,(H,18,19). The predicted octanol–water partition coefficient (Wildman–Crippen LogP) is 4.37. The monoisotopic (exact) mass is 266 g/mol. The second-order valence-electron chi connectivity index (χ2n) is 4.49. The number of aromatic nitrogens is 1. The highest BCUT2D eigenvalue weighted by Crippen LogP contribution is 2.22. The summed E-state index contributed by atoms with van der Waals surface area (Å²) in [6, 6.07) is 7.69. The summed E-state index contributed by atoms with van der Waals surface area (Å²) in [6.45, 7) is 4.11. The molecule has 0 spiro atoms. The third-order valence-corrected chi connectivity index (χ3v) is 2.73.